The van der Waals surface area contributed by atoms with Gasteiger partial charge in [-0.1, -0.05) is 12.1 Å². The van der Waals surface area contributed by atoms with Crippen molar-refractivity contribution in [2.75, 3.05) is 0 Å². The van der Waals surface area contributed by atoms with Crippen LogP contribution in [0.3, 0.4) is 0 Å². The standard InChI is InChI=1S/C13H13NO2.K.H/c1-8-4-11(5-9(2)10(8)3)12(7-14)6-13(15)16;;/h4-6H,1-3H3,(H,15,16);;/q;+1;-1/b12-6+;;. The van der Waals surface area contributed by atoms with Crippen molar-refractivity contribution in [3.8, 4) is 6.07 Å². The zero-order valence-electron chi connectivity index (χ0n) is 11.5. The molecule has 0 bridgehead atoms. The minimum atomic E-state index is -1.10. The van der Waals surface area contributed by atoms with Crippen molar-refractivity contribution < 1.29 is 62.7 Å². The smallest absolute Gasteiger partial charge is 1.00 e. The topological polar surface area (TPSA) is 61.1 Å². The van der Waals surface area contributed by atoms with Crippen LogP contribution in [0.2, 0.25) is 0 Å². The molecule has 0 aromatic heterocycles. The van der Waals surface area contributed by atoms with Crippen molar-refractivity contribution >= 4 is 11.5 Å². The zero-order valence-corrected chi connectivity index (χ0v) is 13.7. The molecule has 1 aromatic carbocycles. The van der Waals surface area contributed by atoms with E-state index in [-0.39, 0.29) is 58.4 Å². The third-order valence-electron chi connectivity index (χ3n) is 2.63. The Bertz CT molecular complexity index is 495. The molecule has 0 heterocycles. The van der Waals surface area contributed by atoms with Crippen LogP contribution in [0.4, 0.5) is 0 Å². The second kappa shape index (κ2) is 7.09. The number of nitrogens with zero attached hydrogens (tertiary/aromatic N) is 1. The number of hydrogen-bond acceptors (Lipinski definition) is 2. The minimum Gasteiger partial charge on any atom is -1.00 e. The Balaban J connectivity index is 0. The molecule has 1 N–H and O–H groups in total. The third kappa shape index (κ3) is 4.38. The van der Waals surface area contributed by atoms with Crippen LogP contribution in [0.15, 0.2) is 18.2 Å². The number of benzene rings is 1. The molecule has 0 fully saturated rings. The van der Waals surface area contributed by atoms with Crippen LogP contribution in [0, 0.1) is 32.1 Å². The summed E-state index contributed by atoms with van der Waals surface area (Å²) >= 11 is 0. The second-order valence-electron chi connectivity index (χ2n) is 3.74. The first-order valence-electron chi connectivity index (χ1n) is 4.88. The van der Waals surface area contributed by atoms with Crippen LogP contribution in [-0.4, -0.2) is 11.1 Å². The molecule has 3 nitrogen and oxygen atoms in total. The summed E-state index contributed by atoms with van der Waals surface area (Å²) in [6.07, 6.45) is 0.934. The Morgan fingerprint density at radius 3 is 2.18 bits per heavy atom. The van der Waals surface area contributed by atoms with E-state index in [0.717, 1.165) is 22.8 Å². The molecule has 0 radical (unpaired) electrons. The average Bonchev–Trinajstić information content (AvgIpc) is 2.21. The van der Waals surface area contributed by atoms with Crippen molar-refractivity contribution in [2.45, 2.75) is 20.8 Å². The Morgan fingerprint density at radius 1 is 1.35 bits per heavy atom. The Morgan fingerprint density at radius 2 is 1.82 bits per heavy atom. The Labute approximate surface area is 145 Å². The second-order valence-corrected chi connectivity index (χ2v) is 3.74. The van der Waals surface area contributed by atoms with E-state index in [1.54, 1.807) is 0 Å². The molecule has 0 aliphatic heterocycles. The van der Waals surface area contributed by atoms with E-state index >= 15 is 0 Å². The van der Waals surface area contributed by atoms with Gasteiger partial charge in [-0.3, -0.25) is 0 Å². The summed E-state index contributed by atoms with van der Waals surface area (Å²) in [5.74, 6) is -1.10. The van der Waals surface area contributed by atoms with Crippen molar-refractivity contribution in [3.63, 3.8) is 0 Å². The van der Waals surface area contributed by atoms with Crippen molar-refractivity contribution in [2.24, 2.45) is 0 Å². The van der Waals surface area contributed by atoms with Crippen LogP contribution in [0.5, 0.6) is 0 Å². The molecule has 0 amide bonds. The first-order valence-corrected chi connectivity index (χ1v) is 4.88. The predicted molar refractivity (Wildman–Crippen MR) is 63.0 cm³/mol. The number of allylic oxidation sites excluding steroid dienone is 1. The van der Waals surface area contributed by atoms with E-state index in [9.17, 15) is 4.79 Å². The number of aryl methyl sites for hydroxylation is 2. The van der Waals surface area contributed by atoms with Gasteiger partial charge in [0.05, 0.1) is 5.57 Å². The fourth-order valence-electron chi connectivity index (χ4n) is 1.49. The largest absolute Gasteiger partial charge is 1.00 e. The molecule has 0 saturated carbocycles. The molecular weight excluding hydrogens is 241 g/mol. The van der Waals surface area contributed by atoms with Crippen molar-refractivity contribution in [1.82, 2.24) is 0 Å². The van der Waals surface area contributed by atoms with Crippen LogP contribution >= 0.6 is 0 Å². The zero-order chi connectivity index (χ0) is 12.3. The first kappa shape index (κ1) is 16.6. The molecule has 84 valence electrons. The monoisotopic (exact) mass is 255 g/mol. The predicted octanol–water partition coefficient (Wildman–Crippen LogP) is -0.280. The fraction of sp³-hybridized carbons (Fsp3) is 0.231. The molecule has 0 atom stereocenters. The van der Waals surface area contributed by atoms with Gasteiger partial charge >= 0.3 is 57.4 Å². The molecule has 0 saturated heterocycles. The van der Waals surface area contributed by atoms with Gasteiger partial charge in [-0.05, 0) is 43.0 Å². The number of nitriles is 1. The van der Waals surface area contributed by atoms with E-state index in [1.165, 1.54) is 0 Å². The maximum atomic E-state index is 10.6. The van der Waals surface area contributed by atoms with Gasteiger partial charge in [-0.15, -0.1) is 0 Å². The van der Waals surface area contributed by atoms with Gasteiger partial charge in [0.1, 0.15) is 6.07 Å². The summed E-state index contributed by atoms with van der Waals surface area (Å²) < 4.78 is 0. The van der Waals surface area contributed by atoms with E-state index in [1.807, 2.05) is 39.0 Å². The number of carbonyl (C=O) groups is 1. The number of aliphatic carboxylic acids is 1. The summed E-state index contributed by atoms with van der Waals surface area (Å²) in [4.78, 5) is 10.6. The van der Waals surface area contributed by atoms with Gasteiger partial charge < -0.3 is 6.53 Å². The van der Waals surface area contributed by atoms with Crippen LogP contribution in [0.1, 0.15) is 23.7 Å². The quantitative estimate of drug-likeness (QED) is 0.449. The van der Waals surface area contributed by atoms with Gasteiger partial charge in [0, 0.05) is 6.08 Å². The average molecular weight is 255 g/mol. The van der Waals surface area contributed by atoms with E-state index < -0.39 is 5.97 Å². The van der Waals surface area contributed by atoms with E-state index in [0.29, 0.717) is 5.56 Å². The van der Waals surface area contributed by atoms with Gasteiger partial charge in [-0.2, -0.15) is 5.26 Å². The minimum absolute atomic E-state index is 0. The SMILES string of the molecule is Cc1cc(/C(C#N)=C/C(=O)O)cc(C)c1C.[H-].[K+]. The number of rotatable bonds is 2. The molecule has 4 heteroatoms. The van der Waals surface area contributed by atoms with Crippen molar-refractivity contribution in [1.29, 1.82) is 5.26 Å². The van der Waals surface area contributed by atoms with Gasteiger partial charge in [0.25, 0.3) is 0 Å². The van der Waals surface area contributed by atoms with E-state index in [4.69, 9.17) is 10.4 Å². The summed E-state index contributed by atoms with van der Waals surface area (Å²) in [5, 5.41) is 17.5. The van der Waals surface area contributed by atoms with E-state index in [2.05, 4.69) is 0 Å². The molecule has 0 unspecified atom stereocenters. The third-order valence-corrected chi connectivity index (χ3v) is 2.63. The van der Waals surface area contributed by atoms with Crippen LogP contribution in [0.25, 0.3) is 5.57 Å². The van der Waals surface area contributed by atoms with Gasteiger partial charge in [0.15, 0.2) is 0 Å². The van der Waals surface area contributed by atoms with Crippen LogP contribution < -0.4 is 51.4 Å². The molecular formula is C13H14KNO2. The molecule has 0 aliphatic rings. The summed E-state index contributed by atoms with van der Waals surface area (Å²) in [7, 11) is 0. The summed E-state index contributed by atoms with van der Waals surface area (Å²) in [6, 6.07) is 5.57. The number of hydrogen-bond donors (Lipinski definition) is 1. The summed E-state index contributed by atoms with van der Waals surface area (Å²) in [5.41, 5.74) is 4.11. The Kier molecular flexibility index (Phi) is 6.91. The fourth-order valence-corrected chi connectivity index (χ4v) is 1.49. The van der Waals surface area contributed by atoms with Gasteiger partial charge in [-0.25, -0.2) is 4.79 Å². The number of carboxylic acid groups (broad SMARTS) is 1. The van der Waals surface area contributed by atoms with Crippen molar-refractivity contribution in [3.05, 3.63) is 40.5 Å². The Hall–Kier alpha value is -0.444. The maximum Gasteiger partial charge on any atom is 1.00 e. The molecule has 1 aromatic rings. The maximum absolute atomic E-state index is 10.6. The molecule has 0 aliphatic carbocycles. The van der Waals surface area contributed by atoms with Gasteiger partial charge in [0.2, 0.25) is 0 Å². The molecule has 1 rings (SSSR count). The van der Waals surface area contributed by atoms with Crippen LogP contribution in [-0.2, 0) is 4.79 Å². The summed E-state index contributed by atoms with van der Waals surface area (Å²) in [6.45, 7) is 5.89. The first-order chi connectivity index (χ1) is 7.45. The molecule has 0 spiro atoms. The molecule has 17 heavy (non-hydrogen) atoms. The number of carboxylic acids is 1. The normalized spacial score (nSPS) is 10.4.